The van der Waals surface area contributed by atoms with Crippen LogP contribution in [0.1, 0.15) is 13.8 Å². The Morgan fingerprint density at radius 3 is 2.33 bits per heavy atom. The van der Waals surface area contributed by atoms with E-state index in [1.807, 2.05) is 13.8 Å². The van der Waals surface area contributed by atoms with Crippen LogP contribution in [0.4, 0.5) is 11.5 Å². The van der Waals surface area contributed by atoms with Gasteiger partial charge in [-0.1, -0.05) is 0 Å². The number of hydrogen-bond donors (Lipinski definition) is 0. The molecule has 8 nitrogen and oxygen atoms in total. The van der Waals surface area contributed by atoms with Crippen LogP contribution in [-0.2, 0) is 9.47 Å². The van der Waals surface area contributed by atoms with E-state index < -0.39 is 4.92 Å². The average molecular weight is 319 g/mol. The standard InChI is InChI=1S/C12H19ClN4O4/c1-3-20-7-5-16(6-8-21-4-2)11-10(17(18)19)9-14-12(13)15-11/h9H,3-8H2,1-2H3. The number of ether oxygens (including phenoxy) is 2. The van der Waals surface area contributed by atoms with Crippen molar-refractivity contribution < 1.29 is 14.4 Å². The Labute approximate surface area is 128 Å². The van der Waals surface area contributed by atoms with E-state index in [0.717, 1.165) is 6.20 Å². The third-order valence-electron chi connectivity index (χ3n) is 2.64. The number of hydrogen-bond acceptors (Lipinski definition) is 7. The summed E-state index contributed by atoms with van der Waals surface area (Å²) in [6.45, 7) is 6.69. The van der Waals surface area contributed by atoms with Gasteiger partial charge in [0.2, 0.25) is 11.1 Å². The Balaban J connectivity index is 2.93. The molecule has 0 N–H and O–H groups in total. The van der Waals surface area contributed by atoms with Gasteiger partial charge in [-0.05, 0) is 25.4 Å². The first-order valence-electron chi connectivity index (χ1n) is 6.67. The lowest BCUT2D eigenvalue weighted by Crippen LogP contribution is -2.32. The van der Waals surface area contributed by atoms with Gasteiger partial charge >= 0.3 is 5.69 Å². The van der Waals surface area contributed by atoms with Crippen LogP contribution in [-0.4, -0.2) is 54.4 Å². The minimum absolute atomic E-state index is 0.0339. The highest BCUT2D eigenvalue weighted by Crippen LogP contribution is 2.25. The monoisotopic (exact) mass is 318 g/mol. The normalized spacial score (nSPS) is 10.6. The van der Waals surface area contributed by atoms with Crippen molar-refractivity contribution in [1.29, 1.82) is 0 Å². The number of aromatic nitrogens is 2. The van der Waals surface area contributed by atoms with Crippen molar-refractivity contribution in [2.75, 3.05) is 44.4 Å². The third-order valence-corrected chi connectivity index (χ3v) is 2.82. The van der Waals surface area contributed by atoms with Gasteiger partial charge < -0.3 is 14.4 Å². The molecule has 0 aromatic carbocycles. The maximum absolute atomic E-state index is 11.1. The van der Waals surface area contributed by atoms with Crippen LogP contribution in [0, 0.1) is 10.1 Å². The maximum Gasteiger partial charge on any atom is 0.329 e. The summed E-state index contributed by atoms with van der Waals surface area (Å²) in [5, 5.41) is 11.1. The van der Waals surface area contributed by atoms with E-state index >= 15 is 0 Å². The fourth-order valence-corrected chi connectivity index (χ4v) is 1.80. The van der Waals surface area contributed by atoms with Crippen LogP contribution in [0.2, 0.25) is 5.28 Å². The lowest BCUT2D eigenvalue weighted by Gasteiger charge is -2.23. The van der Waals surface area contributed by atoms with E-state index in [4.69, 9.17) is 21.1 Å². The molecule has 0 unspecified atom stereocenters. The molecule has 0 aliphatic carbocycles. The van der Waals surface area contributed by atoms with Gasteiger partial charge in [-0.15, -0.1) is 0 Å². The first kappa shape index (κ1) is 17.5. The van der Waals surface area contributed by atoms with Gasteiger partial charge in [0.25, 0.3) is 0 Å². The van der Waals surface area contributed by atoms with E-state index in [9.17, 15) is 10.1 Å². The zero-order valence-corrected chi connectivity index (χ0v) is 12.9. The van der Waals surface area contributed by atoms with Crippen molar-refractivity contribution >= 4 is 23.1 Å². The molecule has 0 bridgehead atoms. The van der Waals surface area contributed by atoms with Crippen LogP contribution in [0.15, 0.2) is 6.20 Å². The van der Waals surface area contributed by atoms with E-state index in [1.54, 1.807) is 4.90 Å². The smallest absolute Gasteiger partial charge is 0.329 e. The minimum atomic E-state index is -0.528. The lowest BCUT2D eigenvalue weighted by atomic mass is 10.4. The quantitative estimate of drug-likeness (QED) is 0.282. The van der Waals surface area contributed by atoms with Crippen LogP contribution >= 0.6 is 11.6 Å². The molecular weight excluding hydrogens is 300 g/mol. The predicted molar refractivity (Wildman–Crippen MR) is 78.9 cm³/mol. The number of nitrogens with zero attached hydrogens (tertiary/aromatic N) is 4. The zero-order valence-electron chi connectivity index (χ0n) is 12.1. The fourth-order valence-electron chi connectivity index (χ4n) is 1.67. The van der Waals surface area contributed by atoms with Gasteiger partial charge in [0.1, 0.15) is 6.20 Å². The molecular formula is C12H19ClN4O4. The van der Waals surface area contributed by atoms with Crippen molar-refractivity contribution in [2.45, 2.75) is 13.8 Å². The Kier molecular flexibility index (Phi) is 7.88. The second kappa shape index (κ2) is 9.43. The molecule has 0 aliphatic heterocycles. The molecule has 0 aliphatic rings. The molecule has 1 rings (SSSR count). The van der Waals surface area contributed by atoms with Crippen LogP contribution in [0.25, 0.3) is 0 Å². The van der Waals surface area contributed by atoms with E-state index in [0.29, 0.717) is 39.5 Å². The van der Waals surface area contributed by atoms with Gasteiger partial charge in [-0.3, -0.25) is 10.1 Å². The molecule has 1 aromatic rings. The van der Waals surface area contributed by atoms with Crippen molar-refractivity contribution in [3.05, 3.63) is 21.6 Å². The average Bonchev–Trinajstić information content (AvgIpc) is 2.45. The first-order valence-corrected chi connectivity index (χ1v) is 7.05. The SMILES string of the molecule is CCOCCN(CCOCC)c1nc(Cl)ncc1[N+](=O)[O-]. The van der Waals surface area contributed by atoms with Gasteiger partial charge in [-0.25, -0.2) is 4.98 Å². The van der Waals surface area contributed by atoms with E-state index in [2.05, 4.69) is 9.97 Å². The zero-order chi connectivity index (χ0) is 15.7. The summed E-state index contributed by atoms with van der Waals surface area (Å²) in [6.07, 6.45) is 1.11. The van der Waals surface area contributed by atoms with Crippen molar-refractivity contribution in [1.82, 2.24) is 9.97 Å². The second-order valence-electron chi connectivity index (χ2n) is 3.99. The summed E-state index contributed by atoms with van der Waals surface area (Å²) >= 11 is 5.75. The highest BCUT2D eigenvalue weighted by Gasteiger charge is 2.22. The maximum atomic E-state index is 11.1. The van der Waals surface area contributed by atoms with Crippen molar-refractivity contribution in [3.8, 4) is 0 Å². The number of rotatable bonds is 10. The summed E-state index contributed by atoms with van der Waals surface area (Å²) in [4.78, 5) is 19.9. The summed E-state index contributed by atoms with van der Waals surface area (Å²) in [7, 11) is 0. The molecule has 0 fully saturated rings. The number of anilines is 1. The van der Waals surface area contributed by atoms with Crippen LogP contribution in [0.3, 0.4) is 0 Å². The molecule has 21 heavy (non-hydrogen) atoms. The Hall–Kier alpha value is -1.51. The van der Waals surface area contributed by atoms with E-state index in [1.165, 1.54) is 0 Å². The van der Waals surface area contributed by atoms with Crippen LogP contribution in [0.5, 0.6) is 0 Å². The summed E-state index contributed by atoms with van der Waals surface area (Å²) in [6, 6.07) is 0. The number of nitro groups is 1. The number of halogens is 1. The molecule has 0 radical (unpaired) electrons. The Morgan fingerprint density at radius 2 is 1.86 bits per heavy atom. The Bertz CT molecular complexity index is 451. The van der Waals surface area contributed by atoms with Gasteiger partial charge in [-0.2, -0.15) is 4.98 Å². The van der Waals surface area contributed by atoms with Crippen molar-refractivity contribution in [2.24, 2.45) is 0 Å². The second-order valence-corrected chi connectivity index (χ2v) is 4.32. The largest absolute Gasteiger partial charge is 0.380 e. The highest BCUT2D eigenvalue weighted by atomic mass is 35.5. The van der Waals surface area contributed by atoms with Crippen LogP contribution < -0.4 is 4.90 Å². The molecule has 0 saturated carbocycles. The summed E-state index contributed by atoms with van der Waals surface area (Å²) in [5.74, 6) is 0.180. The molecule has 9 heteroatoms. The minimum Gasteiger partial charge on any atom is -0.380 e. The molecule has 118 valence electrons. The van der Waals surface area contributed by atoms with Gasteiger partial charge in [0.15, 0.2) is 0 Å². The highest BCUT2D eigenvalue weighted by molar-refractivity contribution is 6.28. The fraction of sp³-hybridized carbons (Fsp3) is 0.667. The Morgan fingerprint density at radius 1 is 1.29 bits per heavy atom. The molecule has 0 amide bonds. The third kappa shape index (κ3) is 5.78. The van der Waals surface area contributed by atoms with E-state index in [-0.39, 0.29) is 16.8 Å². The molecule has 0 saturated heterocycles. The topological polar surface area (TPSA) is 90.6 Å². The lowest BCUT2D eigenvalue weighted by molar-refractivity contribution is -0.384. The predicted octanol–water partition coefficient (Wildman–Crippen LogP) is 1.92. The molecule has 1 heterocycles. The first-order chi connectivity index (χ1) is 10.1. The summed E-state index contributed by atoms with van der Waals surface area (Å²) in [5.41, 5.74) is -0.188. The van der Waals surface area contributed by atoms with Crippen molar-refractivity contribution in [3.63, 3.8) is 0 Å². The molecule has 0 spiro atoms. The molecule has 0 atom stereocenters. The van der Waals surface area contributed by atoms with Gasteiger partial charge in [0.05, 0.1) is 18.1 Å². The van der Waals surface area contributed by atoms with Gasteiger partial charge in [0, 0.05) is 26.3 Å². The summed E-state index contributed by atoms with van der Waals surface area (Å²) < 4.78 is 10.6. The molecule has 1 aromatic heterocycles.